The molecule has 23 heteroatoms. The van der Waals surface area contributed by atoms with Crippen LogP contribution >= 0.6 is 11.6 Å². The van der Waals surface area contributed by atoms with Gasteiger partial charge in [-0.2, -0.15) is 19.0 Å². The molecule has 2 N–H and O–H groups in total. The fourth-order valence-corrected chi connectivity index (χ4v) is 9.71. The lowest BCUT2D eigenvalue weighted by atomic mass is 9.81. The largest absolute Gasteiger partial charge is 0.346 e. The molecule has 2 aromatic carbocycles. The summed E-state index contributed by atoms with van der Waals surface area (Å²) in [5, 5.41) is 9.49. The van der Waals surface area contributed by atoms with E-state index in [4.69, 9.17) is 11.6 Å². The Morgan fingerprint density at radius 3 is 2.23 bits per heavy atom. The van der Waals surface area contributed by atoms with Crippen LogP contribution in [0.2, 0.25) is 5.02 Å². The summed E-state index contributed by atoms with van der Waals surface area (Å²) in [7, 11) is -7.84. The highest BCUT2D eigenvalue weighted by molar-refractivity contribution is 7.93. The number of alkyl halides is 6. The highest BCUT2D eigenvalue weighted by Crippen LogP contribution is 2.60. The zero-order valence-corrected chi connectivity index (χ0v) is 36.6. The summed E-state index contributed by atoms with van der Waals surface area (Å²) in [6, 6.07) is 6.22. The van der Waals surface area contributed by atoms with E-state index in [2.05, 4.69) is 37.1 Å². The zero-order chi connectivity index (χ0) is 47.1. The molecule has 65 heavy (non-hydrogen) atoms. The fourth-order valence-electron chi connectivity index (χ4n) is 7.89. The second-order valence-electron chi connectivity index (χ2n) is 16.5. The molecule has 0 bridgehead atoms. The Labute approximate surface area is 371 Å². The molecule has 0 aliphatic heterocycles. The molecule has 1 fully saturated rings. The first kappa shape index (κ1) is 46.0. The monoisotopic (exact) mass is 969 g/mol. The average molecular weight is 970 g/mol. The van der Waals surface area contributed by atoms with Crippen LogP contribution < -0.4 is 10.0 Å². The van der Waals surface area contributed by atoms with E-state index < -0.39 is 121 Å². The van der Waals surface area contributed by atoms with Crippen LogP contribution in [0.5, 0.6) is 0 Å². The van der Waals surface area contributed by atoms with Gasteiger partial charge in [0.05, 0.1) is 38.8 Å². The molecule has 3 heterocycles. The normalized spacial score (nSPS) is 18.3. The number of hydrogen-bond donors (Lipinski definition) is 2. The highest BCUT2D eigenvalue weighted by Gasteiger charge is 2.60. The van der Waals surface area contributed by atoms with Crippen molar-refractivity contribution in [1.82, 2.24) is 29.9 Å². The third kappa shape index (κ3) is 8.69. The van der Waals surface area contributed by atoms with Gasteiger partial charge in [-0.1, -0.05) is 35.7 Å². The molecular weight excluding hydrogens is 934 g/mol. The van der Waals surface area contributed by atoms with E-state index >= 15 is 8.78 Å². The minimum atomic E-state index is -4.05. The minimum absolute atomic E-state index is 0.00616. The van der Waals surface area contributed by atoms with Crippen molar-refractivity contribution >= 4 is 54.1 Å². The standard InChI is InChI=1S/C42H36ClF8N7O5S2/c1-41(2,64(3,60)61)13-12-23-4-7-25(26-9-11-29(43)34-37(26)57(18-31(46)47)55-40(34)56-65(62,63)24-5-6-24)35(52-23)30(16-20-14-21(44)17-22(45)15-20)53-32(59)19-58-38-33(36(54-58)39(48)49)27-8-10-28(27)42(38,50)51/h4,7-11,14-15,17,24,27-28,30-31,39H,5-6,16,18-19H2,1-3H3,(H,53,59)(H,55,56)/t27-,28+,30?/m0/s1. The number of rotatable bonds is 14. The third-order valence-electron chi connectivity index (χ3n) is 11.5. The summed E-state index contributed by atoms with van der Waals surface area (Å²) in [6.45, 7) is 0.506. The Bertz CT molecular complexity index is 3090. The van der Waals surface area contributed by atoms with Crippen LogP contribution in [0.15, 0.2) is 54.6 Å². The topological polar surface area (TPSA) is 158 Å². The van der Waals surface area contributed by atoms with Crippen molar-refractivity contribution in [3.8, 4) is 23.0 Å². The van der Waals surface area contributed by atoms with Gasteiger partial charge in [0.25, 0.3) is 18.8 Å². The smallest absolute Gasteiger partial charge is 0.296 e. The van der Waals surface area contributed by atoms with Crippen LogP contribution in [0.4, 0.5) is 40.9 Å². The second kappa shape index (κ2) is 16.4. The van der Waals surface area contributed by atoms with Gasteiger partial charge in [-0.15, -0.1) is 0 Å². The van der Waals surface area contributed by atoms with Crippen molar-refractivity contribution in [2.75, 3.05) is 11.0 Å². The lowest BCUT2D eigenvalue weighted by molar-refractivity contribution is -0.123. The predicted octanol–water partition coefficient (Wildman–Crippen LogP) is 7.98. The number of benzene rings is 2. The summed E-state index contributed by atoms with van der Waals surface area (Å²) in [5.41, 5.74) is -2.83. The first-order valence-electron chi connectivity index (χ1n) is 19.8. The summed E-state index contributed by atoms with van der Waals surface area (Å²) >= 11 is 6.63. The van der Waals surface area contributed by atoms with Crippen LogP contribution in [0, 0.1) is 29.4 Å². The maximum Gasteiger partial charge on any atom is 0.296 e. The van der Waals surface area contributed by atoms with E-state index in [1.54, 1.807) is 0 Å². The number of sulfonamides is 1. The van der Waals surface area contributed by atoms with Gasteiger partial charge in [-0.25, -0.2) is 48.2 Å². The number of anilines is 1. The second-order valence-corrected chi connectivity index (χ2v) is 21.4. The van der Waals surface area contributed by atoms with Crippen molar-refractivity contribution in [1.29, 1.82) is 0 Å². The van der Waals surface area contributed by atoms with Gasteiger partial charge in [0.1, 0.15) is 46.6 Å². The summed E-state index contributed by atoms with van der Waals surface area (Å²) < 4.78 is 171. The average Bonchev–Trinajstić information content (AvgIpc) is 3.86. The van der Waals surface area contributed by atoms with Gasteiger partial charge >= 0.3 is 0 Å². The number of nitrogens with one attached hydrogen (secondary N) is 2. The number of fused-ring (bicyclic) bond motifs is 4. The molecule has 5 aromatic rings. The number of allylic oxidation sites excluding steroid dienone is 2. The third-order valence-corrected chi connectivity index (χ3v) is 15.6. The number of aromatic nitrogens is 5. The van der Waals surface area contributed by atoms with E-state index in [1.807, 2.05) is 0 Å². The first-order valence-corrected chi connectivity index (χ1v) is 23.6. The minimum Gasteiger partial charge on any atom is -0.346 e. The van der Waals surface area contributed by atoms with Crippen LogP contribution in [-0.4, -0.2) is 70.0 Å². The molecule has 8 rings (SSSR count). The van der Waals surface area contributed by atoms with Crippen LogP contribution in [0.3, 0.4) is 0 Å². The number of hydrogen-bond acceptors (Lipinski definition) is 8. The number of halogens is 9. The Morgan fingerprint density at radius 1 is 0.954 bits per heavy atom. The Morgan fingerprint density at radius 2 is 1.63 bits per heavy atom. The SMILES string of the molecule is CC(C)(C#Cc1ccc(-c2ccc(Cl)c3c(NS(=O)(=O)C4CC4)nn(CC(F)F)c23)c(C(Cc2cc(F)cc(F)c2)NC(=O)Cn2nc(C(F)F)c3c2C(F)(F)[C@@H]2C=C[C@H]32)n1)S(C)(=O)=O. The van der Waals surface area contributed by atoms with Gasteiger partial charge < -0.3 is 5.32 Å². The molecule has 0 radical (unpaired) electrons. The maximum atomic E-state index is 15.7. The van der Waals surface area contributed by atoms with E-state index in [0.29, 0.717) is 23.6 Å². The summed E-state index contributed by atoms with van der Waals surface area (Å²) in [6.07, 6.45) is -2.70. The Balaban J connectivity index is 1.32. The molecular formula is C42H36ClF8N7O5S2. The van der Waals surface area contributed by atoms with Gasteiger partial charge in [0.15, 0.2) is 15.7 Å². The molecule has 3 atom stereocenters. The van der Waals surface area contributed by atoms with Gasteiger partial charge in [0, 0.05) is 34.9 Å². The van der Waals surface area contributed by atoms with Crippen molar-refractivity contribution in [2.24, 2.45) is 5.92 Å². The van der Waals surface area contributed by atoms with Gasteiger partial charge in [-0.3, -0.25) is 18.9 Å². The summed E-state index contributed by atoms with van der Waals surface area (Å²) in [5.74, 6) is -4.48. The number of sulfone groups is 1. The molecule has 0 spiro atoms. The lowest BCUT2D eigenvalue weighted by Gasteiger charge is -2.27. The predicted molar refractivity (Wildman–Crippen MR) is 223 cm³/mol. The first-order chi connectivity index (χ1) is 30.4. The summed E-state index contributed by atoms with van der Waals surface area (Å²) in [4.78, 5) is 18.8. The van der Waals surface area contributed by atoms with Crippen LogP contribution in [0.25, 0.3) is 22.0 Å². The number of carbonyl (C=O) groups is 1. The number of pyridine rings is 1. The molecule has 1 saturated carbocycles. The van der Waals surface area contributed by atoms with Crippen molar-refractivity contribution in [3.63, 3.8) is 0 Å². The zero-order valence-electron chi connectivity index (χ0n) is 34.2. The number of carbonyl (C=O) groups excluding carboxylic acids is 1. The van der Waals surface area contributed by atoms with E-state index in [1.165, 1.54) is 50.3 Å². The molecule has 3 aromatic heterocycles. The number of nitrogens with zero attached hydrogens (tertiary/aromatic N) is 5. The maximum absolute atomic E-state index is 15.7. The Hall–Kier alpha value is -5.53. The Kier molecular flexibility index (Phi) is 11.6. The van der Waals surface area contributed by atoms with E-state index in [-0.39, 0.29) is 49.8 Å². The quantitative estimate of drug-likeness (QED) is 0.0645. The van der Waals surface area contributed by atoms with Crippen molar-refractivity contribution in [2.45, 2.75) is 86.9 Å². The molecule has 1 unspecified atom stereocenters. The molecule has 1 amide bonds. The highest BCUT2D eigenvalue weighted by atomic mass is 35.5. The van der Waals surface area contributed by atoms with Gasteiger partial charge in [0.2, 0.25) is 15.9 Å². The van der Waals surface area contributed by atoms with Crippen molar-refractivity contribution in [3.05, 3.63) is 105 Å². The molecule has 0 saturated heterocycles. The van der Waals surface area contributed by atoms with Crippen molar-refractivity contribution < 1.29 is 56.8 Å². The van der Waals surface area contributed by atoms with Crippen LogP contribution in [-0.2, 0) is 50.1 Å². The van der Waals surface area contributed by atoms with Gasteiger partial charge in [-0.05, 0) is 74.9 Å². The molecule has 3 aliphatic rings. The van der Waals surface area contributed by atoms with E-state index in [0.717, 1.165) is 23.1 Å². The molecule has 344 valence electrons. The lowest BCUT2D eigenvalue weighted by Crippen LogP contribution is -2.35. The number of amides is 1. The van der Waals surface area contributed by atoms with E-state index in [9.17, 15) is 48.0 Å². The van der Waals surface area contributed by atoms with Crippen LogP contribution in [0.1, 0.15) is 79.0 Å². The molecule has 3 aliphatic carbocycles. The fraction of sp³-hybridized carbons (Fsp3) is 0.381. The molecule has 12 nitrogen and oxygen atoms in total.